The fourth-order valence-electron chi connectivity index (χ4n) is 3.94. The molecule has 1 saturated heterocycles. The summed E-state index contributed by atoms with van der Waals surface area (Å²) in [4.78, 5) is 27.6. The average molecular weight is 424 g/mol. The van der Waals surface area contributed by atoms with Crippen LogP contribution in [0.4, 0.5) is 0 Å². The van der Waals surface area contributed by atoms with Gasteiger partial charge in [-0.05, 0) is 49.6 Å². The summed E-state index contributed by atoms with van der Waals surface area (Å²) >= 11 is 0. The monoisotopic (exact) mass is 423 g/mol. The highest BCUT2D eigenvalue weighted by molar-refractivity contribution is 6.46. The fraction of sp³-hybridized carbons (Fsp3) is 0.360. The van der Waals surface area contributed by atoms with Gasteiger partial charge < -0.3 is 19.5 Å². The number of ether oxygens (including phenoxy) is 2. The highest BCUT2D eigenvalue weighted by atomic mass is 16.5. The van der Waals surface area contributed by atoms with Crippen LogP contribution < -0.4 is 9.47 Å². The number of Topliss-reactive ketones (excluding diaryl/α,β-unsaturated/α-hetero) is 1. The summed E-state index contributed by atoms with van der Waals surface area (Å²) in [6.07, 6.45) is 1.62. The average Bonchev–Trinajstić information content (AvgIpc) is 3.03. The van der Waals surface area contributed by atoms with Crippen LogP contribution in [0.25, 0.3) is 5.76 Å². The molecule has 1 fully saturated rings. The first-order valence-electron chi connectivity index (χ1n) is 10.4. The fourth-order valence-corrected chi connectivity index (χ4v) is 3.94. The standard InChI is InChI=1S/C25H29NO5/c1-6-7-12-26-22(17-10-11-19(30-4)20(14-17)31-5)21(24(28)25(26)29)23(27)18-13-15(2)8-9-16(18)3/h8-11,13-14,22,27H,6-7,12H2,1-5H3/b23-21+. The Hall–Kier alpha value is -3.28. The van der Waals surface area contributed by atoms with Gasteiger partial charge in [-0.1, -0.05) is 37.1 Å². The normalized spacial score (nSPS) is 17.8. The van der Waals surface area contributed by atoms with Crippen molar-refractivity contribution in [1.82, 2.24) is 4.90 Å². The predicted molar refractivity (Wildman–Crippen MR) is 119 cm³/mol. The van der Waals surface area contributed by atoms with Crippen LogP contribution in [0.3, 0.4) is 0 Å². The van der Waals surface area contributed by atoms with Crippen LogP contribution >= 0.6 is 0 Å². The number of aliphatic hydroxyl groups is 1. The number of aryl methyl sites for hydroxylation is 2. The van der Waals surface area contributed by atoms with Gasteiger partial charge in [0.2, 0.25) is 0 Å². The number of nitrogens with zero attached hydrogens (tertiary/aromatic N) is 1. The summed E-state index contributed by atoms with van der Waals surface area (Å²) < 4.78 is 10.8. The molecule has 1 amide bonds. The number of hydrogen-bond donors (Lipinski definition) is 1. The molecule has 1 aliphatic rings. The first kappa shape index (κ1) is 22.4. The van der Waals surface area contributed by atoms with Crippen LogP contribution in [0, 0.1) is 13.8 Å². The second-order valence-electron chi connectivity index (χ2n) is 7.78. The minimum atomic E-state index is -0.703. The number of hydrogen-bond acceptors (Lipinski definition) is 5. The van der Waals surface area contributed by atoms with Crippen molar-refractivity contribution < 1.29 is 24.2 Å². The Kier molecular flexibility index (Phi) is 6.68. The maximum absolute atomic E-state index is 13.1. The Morgan fingerprint density at radius 3 is 2.39 bits per heavy atom. The number of benzene rings is 2. The van der Waals surface area contributed by atoms with E-state index in [-0.39, 0.29) is 11.3 Å². The number of amides is 1. The molecule has 2 aromatic carbocycles. The van der Waals surface area contributed by atoms with Crippen molar-refractivity contribution >= 4 is 17.4 Å². The zero-order valence-electron chi connectivity index (χ0n) is 18.7. The molecule has 0 spiro atoms. The third-order valence-corrected chi connectivity index (χ3v) is 5.66. The first-order valence-corrected chi connectivity index (χ1v) is 10.4. The molecule has 0 aliphatic carbocycles. The van der Waals surface area contributed by atoms with Crippen LogP contribution in [-0.4, -0.2) is 42.5 Å². The molecule has 6 nitrogen and oxygen atoms in total. The molecule has 1 unspecified atom stereocenters. The van der Waals surface area contributed by atoms with E-state index in [1.165, 1.54) is 7.11 Å². The molecule has 1 N–H and O–H groups in total. The van der Waals surface area contributed by atoms with Gasteiger partial charge in [0, 0.05) is 12.1 Å². The number of ketones is 1. The van der Waals surface area contributed by atoms with Gasteiger partial charge >= 0.3 is 0 Å². The van der Waals surface area contributed by atoms with E-state index in [1.54, 1.807) is 30.2 Å². The van der Waals surface area contributed by atoms with Gasteiger partial charge in [-0.3, -0.25) is 9.59 Å². The molecule has 1 atom stereocenters. The van der Waals surface area contributed by atoms with Crippen molar-refractivity contribution in [2.45, 2.75) is 39.7 Å². The SMILES string of the molecule is CCCCN1C(=O)C(=O)/C(=C(/O)c2cc(C)ccc2C)C1c1ccc(OC)c(OC)c1. The van der Waals surface area contributed by atoms with Crippen LogP contribution in [0.2, 0.25) is 0 Å². The predicted octanol–water partition coefficient (Wildman–Crippen LogP) is 4.54. The van der Waals surface area contributed by atoms with E-state index in [9.17, 15) is 14.7 Å². The Morgan fingerprint density at radius 1 is 1.03 bits per heavy atom. The topological polar surface area (TPSA) is 76.1 Å². The summed E-state index contributed by atoms with van der Waals surface area (Å²) in [7, 11) is 3.08. The second-order valence-corrected chi connectivity index (χ2v) is 7.78. The molecule has 2 aromatic rings. The Bertz CT molecular complexity index is 1040. The number of likely N-dealkylation sites (tertiary alicyclic amines) is 1. The van der Waals surface area contributed by atoms with Gasteiger partial charge in [-0.25, -0.2) is 0 Å². The van der Waals surface area contributed by atoms with Crippen molar-refractivity contribution in [1.29, 1.82) is 0 Å². The van der Waals surface area contributed by atoms with E-state index in [0.29, 0.717) is 29.2 Å². The minimum Gasteiger partial charge on any atom is -0.507 e. The number of carbonyl (C=O) groups excluding carboxylic acids is 2. The first-order chi connectivity index (χ1) is 14.8. The molecule has 6 heteroatoms. The van der Waals surface area contributed by atoms with Gasteiger partial charge in [0.05, 0.1) is 25.8 Å². The van der Waals surface area contributed by atoms with Gasteiger partial charge in [-0.2, -0.15) is 0 Å². The van der Waals surface area contributed by atoms with Gasteiger partial charge in [0.15, 0.2) is 11.5 Å². The molecule has 3 rings (SSSR count). The summed E-state index contributed by atoms with van der Waals surface area (Å²) in [5, 5.41) is 11.2. The van der Waals surface area contributed by atoms with E-state index in [4.69, 9.17) is 9.47 Å². The molecule has 0 radical (unpaired) electrons. The summed E-state index contributed by atoms with van der Waals surface area (Å²) in [5.74, 6) is -0.383. The van der Waals surface area contributed by atoms with Crippen LogP contribution in [0.15, 0.2) is 42.0 Å². The lowest BCUT2D eigenvalue weighted by Gasteiger charge is -2.26. The summed E-state index contributed by atoms with van der Waals surface area (Å²) in [6.45, 7) is 6.23. The van der Waals surface area contributed by atoms with E-state index in [0.717, 1.165) is 24.0 Å². The van der Waals surface area contributed by atoms with E-state index >= 15 is 0 Å². The van der Waals surface area contributed by atoms with Crippen molar-refractivity contribution in [2.75, 3.05) is 20.8 Å². The molecular formula is C25H29NO5. The van der Waals surface area contributed by atoms with Crippen LogP contribution in [0.5, 0.6) is 11.5 Å². The quantitative estimate of drug-likeness (QED) is 0.402. The molecule has 0 saturated carbocycles. The third-order valence-electron chi connectivity index (χ3n) is 5.66. The summed E-state index contributed by atoms with van der Waals surface area (Å²) in [5.41, 5.74) is 3.12. The van der Waals surface area contributed by atoms with Crippen LogP contribution in [0.1, 0.15) is 48.1 Å². The zero-order chi connectivity index (χ0) is 22.7. The zero-order valence-corrected chi connectivity index (χ0v) is 18.7. The molecule has 31 heavy (non-hydrogen) atoms. The largest absolute Gasteiger partial charge is 0.507 e. The lowest BCUT2D eigenvalue weighted by atomic mass is 9.93. The lowest BCUT2D eigenvalue weighted by Crippen LogP contribution is -2.30. The van der Waals surface area contributed by atoms with Crippen molar-refractivity contribution in [3.63, 3.8) is 0 Å². The van der Waals surface area contributed by atoms with Crippen LogP contribution in [-0.2, 0) is 9.59 Å². The Morgan fingerprint density at radius 2 is 1.74 bits per heavy atom. The lowest BCUT2D eigenvalue weighted by molar-refractivity contribution is -0.139. The smallest absolute Gasteiger partial charge is 0.295 e. The Labute approximate surface area is 183 Å². The van der Waals surface area contributed by atoms with Crippen molar-refractivity contribution in [2.24, 2.45) is 0 Å². The molecular weight excluding hydrogens is 394 g/mol. The number of rotatable bonds is 7. The molecule has 1 heterocycles. The van der Waals surface area contributed by atoms with Crippen molar-refractivity contribution in [3.05, 3.63) is 64.2 Å². The van der Waals surface area contributed by atoms with E-state index in [2.05, 4.69) is 0 Å². The van der Waals surface area contributed by atoms with Crippen molar-refractivity contribution in [3.8, 4) is 11.5 Å². The molecule has 164 valence electrons. The molecule has 0 bridgehead atoms. The van der Waals surface area contributed by atoms with Gasteiger partial charge in [0.25, 0.3) is 11.7 Å². The maximum Gasteiger partial charge on any atom is 0.295 e. The molecule has 0 aromatic heterocycles. The third kappa shape index (κ3) is 4.15. The Balaban J connectivity index is 2.24. The number of methoxy groups -OCH3 is 2. The maximum atomic E-state index is 13.1. The minimum absolute atomic E-state index is 0.0991. The highest BCUT2D eigenvalue weighted by Gasteiger charge is 2.46. The van der Waals surface area contributed by atoms with Gasteiger partial charge in [0.1, 0.15) is 5.76 Å². The number of aliphatic hydroxyl groups excluding tert-OH is 1. The second kappa shape index (κ2) is 9.25. The van der Waals surface area contributed by atoms with E-state index < -0.39 is 17.7 Å². The number of carbonyl (C=O) groups is 2. The highest BCUT2D eigenvalue weighted by Crippen LogP contribution is 2.42. The number of unbranched alkanes of at least 4 members (excludes halogenated alkanes) is 1. The van der Waals surface area contributed by atoms with Gasteiger partial charge in [-0.15, -0.1) is 0 Å². The van der Waals surface area contributed by atoms with E-state index in [1.807, 2.05) is 39.0 Å². The molecule has 1 aliphatic heterocycles. The summed E-state index contributed by atoms with van der Waals surface area (Å²) in [6, 6.07) is 10.3.